The third-order valence-electron chi connectivity index (χ3n) is 3.92. The number of piperidine rings is 1. The van der Waals surface area contributed by atoms with Gasteiger partial charge in [-0.1, -0.05) is 0 Å². The van der Waals surface area contributed by atoms with Crippen molar-refractivity contribution in [1.82, 2.24) is 9.88 Å². The Morgan fingerprint density at radius 3 is 3.14 bits per heavy atom. The van der Waals surface area contributed by atoms with Gasteiger partial charge in [0.05, 0.1) is 18.2 Å². The molecule has 5 heteroatoms. The molecular formula is C16H22N4O. The third-order valence-corrected chi connectivity index (χ3v) is 3.92. The summed E-state index contributed by atoms with van der Waals surface area (Å²) in [5.41, 5.74) is 1.55. The Morgan fingerprint density at radius 2 is 2.43 bits per heavy atom. The van der Waals surface area contributed by atoms with Crippen LogP contribution >= 0.6 is 0 Å². The number of pyridine rings is 1. The molecule has 0 aliphatic carbocycles. The molecule has 0 aromatic carbocycles. The minimum atomic E-state index is -0.275. The van der Waals surface area contributed by atoms with Crippen molar-refractivity contribution >= 4 is 11.6 Å². The number of rotatable bonds is 4. The summed E-state index contributed by atoms with van der Waals surface area (Å²) in [5.74, 6) is 0.140. The monoisotopic (exact) mass is 286 g/mol. The molecule has 1 aromatic heterocycles. The SMILES string of the molecule is CC(Nc1ccnc(CC#N)c1)C(=O)N1CCCCC1C. The molecule has 1 amide bonds. The van der Waals surface area contributed by atoms with Crippen molar-refractivity contribution < 1.29 is 4.79 Å². The zero-order valence-corrected chi connectivity index (χ0v) is 12.7. The Morgan fingerprint density at radius 1 is 1.62 bits per heavy atom. The number of carbonyl (C=O) groups excluding carboxylic acids is 1. The Hall–Kier alpha value is -2.09. The molecule has 21 heavy (non-hydrogen) atoms. The van der Waals surface area contributed by atoms with Crippen LogP contribution in [-0.2, 0) is 11.2 Å². The highest BCUT2D eigenvalue weighted by molar-refractivity contribution is 5.84. The van der Waals surface area contributed by atoms with Crippen LogP contribution in [0, 0.1) is 11.3 Å². The van der Waals surface area contributed by atoms with Crippen LogP contribution in [0.1, 0.15) is 38.8 Å². The summed E-state index contributed by atoms with van der Waals surface area (Å²) in [4.78, 5) is 18.6. The molecule has 0 spiro atoms. The molecule has 1 saturated heterocycles. The van der Waals surface area contributed by atoms with Crippen LogP contribution < -0.4 is 5.32 Å². The first-order valence-electron chi connectivity index (χ1n) is 7.50. The first-order valence-corrected chi connectivity index (χ1v) is 7.50. The van der Waals surface area contributed by atoms with Crippen LogP contribution in [0.2, 0.25) is 0 Å². The average molecular weight is 286 g/mol. The van der Waals surface area contributed by atoms with E-state index in [0.29, 0.717) is 11.7 Å². The first kappa shape index (κ1) is 15.3. The molecule has 1 aliphatic rings. The minimum Gasteiger partial charge on any atom is -0.374 e. The highest BCUT2D eigenvalue weighted by Gasteiger charge is 2.26. The normalized spacial score (nSPS) is 19.7. The second-order valence-corrected chi connectivity index (χ2v) is 5.61. The standard InChI is InChI=1S/C16H22N4O/c1-12-5-3-4-10-20(12)16(21)13(2)19-15-7-9-18-14(11-15)6-8-17/h7,9,11-13H,3-6,10H2,1-2H3,(H,18,19). The molecule has 2 heterocycles. The molecule has 0 radical (unpaired) electrons. The zero-order valence-electron chi connectivity index (χ0n) is 12.7. The van der Waals surface area contributed by atoms with Gasteiger partial charge in [0.1, 0.15) is 6.04 Å². The molecule has 2 rings (SSSR count). The van der Waals surface area contributed by atoms with E-state index in [9.17, 15) is 4.79 Å². The van der Waals surface area contributed by atoms with Crippen LogP contribution in [0.3, 0.4) is 0 Å². The number of amides is 1. The number of nitrogens with zero attached hydrogens (tertiary/aromatic N) is 3. The van der Waals surface area contributed by atoms with Crippen LogP contribution in [-0.4, -0.2) is 34.4 Å². The number of carbonyl (C=O) groups is 1. The smallest absolute Gasteiger partial charge is 0.245 e. The van der Waals surface area contributed by atoms with E-state index in [2.05, 4.69) is 23.3 Å². The maximum atomic E-state index is 12.5. The van der Waals surface area contributed by atoms with Crippen molar-refractivity contribution in [1.29, 1.82) is 5.26 Å². The fraction of sp³-hybridized carbons (Fsp3) is 0.562. The molecule has 1 aromatic rings. The summed E-state index contributed by atoms with van der Waals surface area (Å²) in [6, 6.07) is 5.78. The maximum absolute atomic E-state index is 12.5. The first-order chi connectivity index (χ1) is 10.1. The van der Waals surface area contributed by atoms with Crippen LogP contribution in [0.4, 0.5) is 5.69 Å². The van der Waals surface area contributed by atoms with Crippen molar-refractivity contribution in [2.45, 2.75) is 51.6 Å². The molecule has 0 saturated carbocycles. The van der Waals surface area contributed by atoms with Gasteiger partial charge in [0, 0.05) is 24.5 Å². The van der Waals surface area contributed by atoms with E-state index in [4.69, 9.17) is 5.26 Å². The quantitative estimate of drug-likeness (QED) is 0.922. The van der Waals surface area contributed by atoms with E-state index in [1.165, 1.54) is 6.42 Å². The maximum Gasteiger partial charge on any atom is 0.245 e. The van der Waals surface area contributed by atoms with Gasteiger partial charge >= 0.3 is 0 Å². The summed E-state index contributed by atoms with van der Waals surface area (Å²) >= 11 is 0. The van der Waals surface area contributed by atoms with Gasteiger partial charge in [-0.3, -0.25) is 9.78 Å². The highest BCUT2D eigenvalue weighted by atomic mass is 16.2. The Labute approximate surface area is 126 Å². The largest absolute Gasteiger partial charge is 0.374 e. The molecule has 2 unspecified atom stereocenters. The molecule has 5 nitrogen and oxygen atoms in total. The number of hydrogen-bond acceptors (Lipinski definition) is 4. The molecule has 1 N–H and O–H groups in total. The van der Waals surface area contributed by atoms with Gasteiger partial charge in [-0.2, -0.15) is 5.26 Å². The lowest BCUT2D eigenvalue weighted by atomic mass is 10.0. The van der Waals surface area contributed by atoms with Crippen molar-refractivity contribution in [3.63, 3.8) is 0 Å². The fourth-order valence-corrected chi connectivity index (χ4v) is 2.73. The Balaban J connectivity index is 2.00. The predicted octanol–water partition coefficient (Wildman–Crippen LogP) is 2.35. The van der Waals surface area contributed by atoms with Crippen molar-refractivity contribution in [2.24, 2.45) is 0 Å². The number of hydrogen-bond donors (Lipinski definition) is 1. The lowest BCUT2D eigenvalue weighted by Gasteiger charge is -2.35. The molecule has 2 atom stereocenters. The van der Waals surface area contributed by atoms with Crippen molar-refractivity contribution in [3.05, 3.63) is 24.0 Å². The predicted molar refractivity (Wildman–Crippen MR) is 81.7 cm³/mol. The van der Waals surface area contributed by atoms with E-state index < -0.39 is 0 Å². The van der Waals surface area contributed by atoms with Gasteiger partial charge in [-0.25, -0.2) is 0 Å². The van der Waals surface area contributed by atoms with Crippen LogP contribution in [0.15, 0.2) is 18.3 Å². The number of aromatic nitrogens is 1. The van der Waals surface area contributed by atoms with E-state index in [0.717, 1.165) is 25.1 Å². The Kier molecular flexibility index (Phi) is 5.15. The van der Waals surface area contributed by atoms with Crippen LogP contribution in [0.5, 0.6) is 0 Å². The number of nitrogens with one attached hydrogen (secondary N) is 1. The molecule has 1 fully saturated rings. The van der Waals surface area contributed by atoms with Gasteiger partial charge in [-0.15, -0.1) is 0 Å². The third kappa shape index (κ3) is 3.94. The second-order valence-electron chi connectivity index (χ2n) is 5.61. The Bertz CT molecular complexity index is 537. The number of anilines is 1. The fourth-order valence-electron chi connectivity index (χ4n) is 2.73. The van der Waals surface area contributed by atoms with Crippen LogP contribution in [0.25, 0.3) is 0 Å². The summed E-state index contributed by atoms with van der Waals surface area (Å²) in [5, 5.41) is 11.9. The molecule has 1 aliphatic heterocycles. The van der Waals surface area contributed by atoms with Gasteiger partial charge in [0.2, 0.25) is 5.91 Å². The summed E-state index contributed by atoms with van der Waals surface area (Å²) in [6.45, 7) is 4.84. The van der Waals surface area contributed by atoms with Crippen molar-refractivity contribution in [3.8, 4) is 6.07 Å². The highest BCUT2D eigenvalue weighted by Crippen LogP contribution is 2.18. The summed E-state index contributed by atoms with van der Waals surface area (Å²) < 4.78 is 0. The number of nitriles is 1. The second kappa shape index (κ2) is 7.07. The van der Waals surface area contributed by atoms with Gasteiger partial charge in [0.25, 0.3) is 0 Å². The van der Waals surface area contributed by atoms with Gasteiger partial charge < -0.3 is 10.2 Å². The van der Waals surface area contributed by atoms with Gasteiger partial charge in [0.15, 0.2) is 0 Å². The van der Waals surface area contributed by atoms with E-state index in [-0.39, 0.29) is 18.4 Å². The summed E-state index contributed by atoms with van der Waals surface area (Å²) in [7, 11) is 0. The minimum absolute atomic E-state index is 0.140. The zero-order chi connectivity index (χ0) is 15.2. The molecule has 112 valence electrons. The van der Waals surface area contributed by atoms with E-state index in [1.54, 1.807) is 6.20 Å². The van der Waals surface area contributed by atoms with E-state index in [1.807, 2.05) is 24.0 Å². The summed E-state index contributed by atoms with van der Waals surface area (Å²) in [6.07, 6.45) is 5.32. The topological polar surface area (TPSA) is 69.0 Å². The number of likely N-dealkylation sites (tertiary alicyclic amines) is 1. The average Bonchev–Trinajstić information content (AvgIpc) is 2.48. The molecule has 0 bridgehead atoms. The van der Waals surface area contributed by atoms with Gasteiger partial charge in [-0.05, 0) is 45.2 Å². The lowest BCUT2D eigenvalue weighted by molar-refractivity contribution is -0.134. The van der Waals surface area contributed by atoms with Crippen molar-refractivity contribution in [2.75, 3.05) is 11.9 Å². The molecular weight excluding hydrogens is 264 g/mol. The lowest BCUT2D eigenvalue weighted by Crippen LogP contribution is -2.48. The van der Waals surface area contributed by atoms with E-state index >= 15 is 0 Å².